The highest BCUT2D eigenvalue weighted by Crippen LogP contribution is 2.44. The maximum atomic E-state index is 13.7. The molecule has 7 amide bonds. The number of likely N-dealkylation sites (N-methyl/N-ethyl adjacent to an activating group) is 1. The molecule has 3 unspecified atom stereocenters. The molecule has 2 fully saturated rings. The number of anilines is 1. The fraction of sp³-hybridized carbons (Fsp3) is 0.465. The van der Waals surface area contributed by atoms with E-state index in [1.807, 2.05) is 31.1 Å². The van der Waals surface area contributed by atoms with Crippen molar-refractivity contribution in [1.82, 2.24) is 24.9 Å². The lowest BCUT2D eigenvalue weighted by atomic mass is 9.90. The second-order valence-electron chi connectivity index (χ2n) is 15.9. The minimum atomic E-state index is -1.07. The third kappa shape index (κ3) is 8.45. The molecule has 0 bridgehead atoms. The molecule has 16 nitrogen and oxygen atoms in total. The van der Waals surface area contributed by atoms with Gasteiger partial charge < -0.3 is 34.2 Å². The van der Waals surface area contributed by atoms with Gasteiger partial charge in [-0.05, 0) is 82.1 Å². The number of nitrogens with zero attached hydrogens (tertiary/aromatic N) is 4. The third-order valence-electron chi connectivity index (χ3n) is 11.5. The lowest BCUT2D eigenvalue weighted by Crippen LogP contribution is -2.54. The average molecular weight is 843 g/mol. The maximum Gasteiger partial charge on any atom is 0.266 e. The first-order valence-electron chi connectivity index (χ1n) is 20.1. The molecule has 0 radical (unpaired) electrons. The van der Waals surface area contributed by atoms with Crippen LogP contribution in [-0.2, 0) is 25.7 Å². The third-order valence-corrected chi connectivity index (χ3v) is 12.6. The van der Waals surface area contributed by atoms with Gasteiger partial charge in [-0.15, -0.1) is 11.3 Å². The van der Waals surface area contributed by atoms with E-state index >= 15 is 0 Å². The van der Waals surface area contributed by atoms with E-state index in [4.69, 9.17) is 14.2 Å². The molecule has 318 valence electrons. The van der Waals surface area contributed by atoms with Crippen molar-refractivity contribution in [2.75, 3.05) is 66.9 Å². The Kier molecular flexibility index (Phi) is 12.6. The molecule has 17 heteroatoms. The van der Waals surface area contributed by atoms with Crippen molar-refractivity contribution in [3.63, 3.8) is 0 Å². The van der Waals surface area contributed by atoms with Crippen LogP contribution in [0.5, 0.6) is 17.2 Å². The summed E-state index contributed by atoms with van der Waals surface area (Å²) in [7, 11) is 8.98. The largest absolute Gasteiger partial charge is 0.496 e. The van der Waals surface area contributed by atoms with Crippen LogP contribution in [0.15, 0.2) is 36.4 Å². The van der Waals surface area contributed by atoms with Crippen LogP contribution in [0.25, 0.3) is 0 Å². The minimum Gasteiger partial charge on any atom is -0.496 e. The Balaban J connectivity index is 0.931. The monoisotopic (exact) mass is 842 g/mol. The van der Waals surface area contributed by atoms with Crippen LogP contribution in [-0.4, -0.2) is 129 Å². The Bertz CT molecular complexity index is 2210. The van der Waals surface area contributed by atoms with Gasteiger partial charge in [-0.25, -0.2) is 0 Å². The molecule has 60 heavy (non-hydrogen) atoms. The van der Waals surface area contributed by atoms with Crippen molar-refractivity contribution < 1.29 is 47.8 Å². The van der Waals surface area contributed by atoms with Gasteiger partial charge in [-0.2, -0.15) is 0 Å². The van der Waals surface area contributed by atoms with E-state index in [1.165, 1.54) is 17.4 Å². The highest BCUT2D eigenvalue weighted by Gasteiger charge is 2.46. The van der Waals surface area contributed by atoms with E-state index in [9.17, 15) is 33.6 Å². The number of thiophene rings is 1. The summed E-state index contributed by atoms with van der Waals surface area (Å²) in [5.41, 5.74) is 2.62. The van der Waals surface area contributed by atoms with Gasteiger partial charge in [0.1, 0.15) is 23.3 Å². The number of carbonyl (C=O) groups excluding carboxylic acids is 7. The number of unbranched alkanes of at least 4 members (excludes halogenated alkanes) is 1. The van der Waals surface area contributed by atoms with Crippen molar-refractivity contribution in [2.24, 2.45) is 5.92 Å². The van der Waals surface area contributed by atoms with Crippen LogP contribution in [0.4, 0.5) is 5.00 Å². The van der Waals surface area contributed by atoms with E-state index in [1.54, 1.807) is 49.3 Å². The Morgan fingerprint density at radius 1 is 0.917 bits per heavy atom. The molecule has 1 aromatic heterocycles. The van der Waals surface area contributed by atoms with Crippen LogP contribution >= 0.6 is 11.3 Å². The summed E-state index contributed by atoms with van der Waals surface area (Å²) < 4.78 is 17.5. The molecular weight excluding hydrogens is 793 g/mol. The molecular formula is C43H50N6O10S. The standard InChI is InChI=1S/C43H50N6O10S/c1-46(2)22-29-32(57-4)18-25(19-33(29)58-5)28-23-47(3)41(54)27-20-35(60-38(27)28)45-39(52)24-10-9-16-48(21-24)36(51)13-6-7-17-59-31-12-8-11-26-37(31)43(56)49(42(26)55)30-14-15-34(50)44-40(30)53/h8,11-12,18-20,24,28,30H,6-7,9-10,13-17,21-23H2,1-5H3,(H,45,52)(H,44,50,53). The van der Waals surface area contributed by atoms with E-state index in [0.29, 0.717) is 67.4 Å². The number of piperidine rings is 2. The summed E-state index contributed by atoms with van der Waals surface area (Å²) >= 11 is 1.39. The van der Waals surface area contributed by atoms with Crippen LogP contribution < -0.4 is 24.8 Å². The second kappa shape index (κ2) is 17.8. The smallest absolute Gasteiger partial charge is 0.266 e. The normalized spacial score (nSPS) is 20.3. The van der Waals surface area contributed by atoms with E-state index < -0.39 is 35.6 Å². The van der Waals surface area contributed by atoms with Gasteiger partial charge in [0, 0.05) is 56.9 Å². The number of likely N-dealkylation sites (tertiary alicyclic amines) is 1. The fourth-order valence-corrected chi connectivity index (χ4v) is 9.61. The molecule has 3 aromatic rings. The van der Waals surface area contributed by atoms with Crippen LogP contribution in [0.3, 0.4) is 0 Å². The number of nitrogens with one attached hydrogen (secondary N) is 2. The molecule has 5 heterocycles. The van der Waals surface area contributed by atoms with E-state index in [-0.39, 0.29) is 72.9 Å². The summed E-state index contributed by atoms with van der Waals surface area (Å²) in [4.78, 5) is 98.1. The summed E-state index contributed by atoms with van der Waals surface area (Å²) in [6.45, 7) is 2.08. The Hall–Kier alpha value is -5.81. The van der Waals surface area contributed by atoms with Gasteiger partial charge in [0.15, 0.2) is 0 Å². The molecule has 2 N–H and O–H groups in total. The minimum absolute atomic E-state index is 0.0253. The first-order valence-corrected chi connectivity index (χ1v) is 21.0. The lowest BCUT2D eigenvalue weighted by molar-refractivity contribution is -0.137. The Labute approximate surface area is 352 Å². The van der Waals surface area contributed by atoms with Gasteiger partial charge >= 0.3 is 0 Å². The van der Waals surface area contributed by atoms with E-state index in [2.05, 4.69) is 10.6 Å². The molecule has 3 atom stereocenters. The quantitative estimate of drug-likeness (QED) is 0.178. The number of imide groups is 2. The molecule has 0 aliphatic carbocycles. The first kappa shape index (κ1) is 42.3. The molecule has 4 aliphatic heterocycles. The number of hydrogen-bond acceptors (Lipinski definition) is 12. The summed E-state index contributed by atoms with van der Waals surface area (Å²) in [5.74, 6) is -1.76. The van der Waals surface area contributed by atoms with Gasteiger partial charge in [-0.3, -0.25) is 43.8 Å². The Morgan fingerprint density at radius 2 is 1.67 bits per heavy atom. The van der Waals surface area contributed by atoms with Gasteiger partial charge in [0.2, 0.25) is 23.6 Å². The lowest BCUT2D eigenvalue weighted by Gasteiger charge is -2.32. The zero-order valence-corrected chi connectivity index (χ0v) is 35.3. The average Bonchev–Trinajstić information content (AvgIpc) is 3.76. The van der Waals surface area contributed by atoms with Crippen LogP contribution in [0.1, 0.15) is 97.9 Å². The number of amides is 7. The number of hydrogen-bond donors (Lipinski definition) is 2. The predicted molar refractivity (Wildman–Crippen MR) is 220 cm³/mol. The summed E-state index contributed by atoms with van der Waals surface area (Å²) in [5, 5.41) is 5.82. The van der Waals surface area contributed by atoms with Crippen molar-refractivity contribution in [3.8, 4) is 17.2 Å². The number of methoxy groups -OCH3 is 2. The zero-order chi connectivity index (χ0) is 42.8. The number of rotatable bonds is 14. The van der Waals surface area contributed by atoms with Crippen molar-refractivity contribution in [1.29, 1.82) is 0 Å². The van der Waals surface area contributed by atoms with Gasteiger partial charge in [0.05, 0.1) is 54.0 Å². The maximum absolute atomic E-state index is 13.7. The number of fused-ring (bicyclic) bond motifs is 2. The summed E-state index contributed by atoms with van der Waals surface area (Å²) in [6, 6.07) is 9.36. The molecule has 7 rings (SSSR count). The van der Waals surface area contributed by atoms with Crippen molar-refractivity contribution in [3.05, 3.63) is 69.1 Å². The topological polar surface area (TPSA) is 184 Å². The number of ether oxygens (including phenoxy) is 3. The van der Waals surface area contributed by atoms with Gasteiger partial charge in [-0.1, -0.05) is 6.07 Å². The van der Waals surface area contributed by atoms with Crippen molar-refractivity contribution in [2.45, 2.75) is 63.5 Å². The fourth-order valence-electron chi connectivity index (χ4n) is 8.44. The molecule has 2 saturated heterocycles. The molecule has 0 saturated carbocycles. The summed E-state index contributed by atoms with van der Waals surface area (Å²) in [6.07, 6.45) is 2.61. The highest BCUT2D eigenvalue weighted by atomic mass is 32.1. The van der Waals surface area contributed by atoms with Crippen molar-refractivity contribution >= 4 is 57.7 Å². The van der Waals surface area contributed by atoms with Crippen LogP contribution in [0.2, 0.25) is 0 Å². The Morgan fingerprint density at radius 3 is 2.37 bits per heavy atom. The highest BCUT2D eigenvalue weighted by molar-refractivity contribution is 7.16. The number of carbonyl (C=O) groups is 7. The first-order chi connectivity index (χ1) is 28.8. The zero-order valence-electron chi connectivity index (χ0n) is 34.5. The molecule has 4 aliphatic rings. The SMILES string of the molecule is COc1cc(C2CN(C)C(=O)c3cc(NC(=O)C4CCCN(C(=O)CCCCOc5cccc6c5C(=O)N(C5CCC(=O)NC5=O)C6=O)C4)sc32)cc(OC)c1CN(C)C. The molecule has 2 aromatic carbocycles. The van der Waals surface area contributed by atoms with E-state index in [0.717, 1.165) is 20.9 Å². The molecule has 0 spiro atoms. The predicted octanol–water partition coefficient (Wildman–Crippen LogP) is 3.87. The van der Waals surface area contributed by atoms with Crippen LogP contribution in [0, 0.1) is 5.92 Å². The van der Waals surface area contributed by atoms with Gasteiger partial charge in [0.25, 0.3) is 17.7 Å². The number of benzene rings is 2. The second-order valence-corrected chi connectivity index (χ2v) is 17.0.